The van der Waals surface area contributed by atoms with Crippen LogP contribution in [0.4, 0.5) is 0 Å². The maximum atomic E-state index is 12.5. The van der Waals surface area contributed by atoms with E-state index in [9.17, 15) is 9.90 Å². The van der Waals surface area contributed by atoms with Crippen molar-refractivity contribution in [2.75, 3.05) is 20.1 Å². The average Bonchev–Trinajstić information content (AvgIpc) is 2.35. The van der Waals surface area contributed by atoms with Gasteiger partial charge in [-0.25, -0.2) is 0 Å². The van der Waals surface area contributed by atoms with Crippen LogP contribution in [0.15, 0.2) is 11.3 Å². The van der Waals surface area contributed by atoms with Crippen LogP contribution in [-0.4, -0.2) is 47.3 Å². The van der Waals surface area contributed by atoms with Crippen molar-refractivity contribution >= 4 is 5.78 Å². The molecule has 1 N–H and O–H groups in total. The summed E-state index contributed by atoms with van der Waals surface area (Å²) in [5.74, 6) is 0.210. The molecule has 0 spiro atoms. The van der Waals surface area contributed by atoms with Crippen LogP contribution in [0.5, 0.6) is 0 Å². The minimum Gasteiger partial charge on any atom is -0.460 e. The molecule has 3 saturated heterocycles. The van der Waals surface area contributed by atoms with E-state index in [1.54, 1.807) is 0 Å². The third-order valence-electron chi connectivity index (χ3n) is 6.43. The molecule has 4 aliphatic heterocycles. The zero-order chi connectivity index (χ0) is 15.0. The van der Waals surface area contributed by atoms with Crippen LogP contribution in [0.2, 0.25) is 0 Å². The Morgan fingerprint density at radius 3 is 2.57 bits per heavy atom. The summed E-state index contributed by atoms with van der Waals surface area (Å²) >= 11 is 0. The number of quaternary nitrogens is 1. The van der Waals surface area contributed by atoms with E-state index in [-0.39, 0.29) is 23.2 Å². The highest BCUT2D eigenvalue weighted by atomic mass is 16.6. The minimum atomic E-state index is -1.04. The fourth-order valence-corrected chi connectivity index (χ4v) is 5.14. The molecule has 0 radical (unpaired) electrons. The van der Waals surface area contributed by atoms with Gasteiger partial charge in [0.25, 0.3) is 5.79 Å². The second-order valence-corrected chi connectivity index (χ2v) is 8.62. The van der Waals surface area contributed by atoms with Gasteiger partial charge >= 0.3 is 0 Å². The largest absolute Gasteiger partial charge is 0.460 e. The molecular weight excluding hydrogens is 266 g/mol. The zero-order valence-corrected chi connectivity index (χ0v) is 13.3. The molecule has 0 unspecified atom stereocenters. The lowest BCUT2D eigenvalue weighted by Crippen LogP contribution is -2.75. The van der Waals surface area contributed by atoms with Gasteiger partial charge in [-0.05, 0) is 5.41 Å². The first kappa shape index (κ1) is 13.8. The minimum absolute atomic E-state index is 0.0360. The van der Waals surface area contributed by atoms with Gasteiger partial charge in [0.05, 0.1) is 20.1 Å². The van der Waals surface area contributed by atoms with Crippen molar-refractivity contribution in [2.24, 2.45) is 11.3 Å². The molecule has 2 atom stereocenters. The smallest absolute Gasteiger partial charge is 0.263 e. The summed E-state index contributed by atoms with van der Waals surface area (Å²) in [4.78, 5) is 12.5. The lowest BCUT2D eigenvalue weighted by Gasteiger charge is -2.61. The second kappa shape index (κ2) is 3.90. The van der Waals surface area contributed by atoms with E-state index in [1.807, 2.05) is 0 Å². The monoisotopic (exact) mass is 292 g/mol. The van der Waals surface area contributed by atoms with Gasteiger partial charge < -0.3 is 14.3 Å². The number of rotatable bonds is 0. The summed E-state index contributed by atoms with van der Waals surface area (Å²) in [6, 6.07) is 0.0360. The Morgan fingerprint density at radius 2 is 1.90 bits per heavy atom. The predicted octanol–water partition coefficient (Wildman–Crippen LogP) is 1.98. The Hall–Kier alpha value is -0.870. The van der Waals surface area contributed by atoms with E-state index in [1.165, 1.54) is 0 Å². The number of hydrogen-bond acceptors (Lipinski definition) is 3. The summed E-state index contributed by atoms with van der Waals surface area (Å²) in [6.07, 6.45) is 4.15. The number of hydrogen-bond donors (Lipinski definition) is 1. The van der Waals surface area contributed by atoms with Crippen molar-refractivity contribution in [3.63, 3.8) is 0 Å². The summed E-state index contributed by atoms with van der Waals surface area (Å²) in [5, 5.41) is 11.3. The molecule has 5 rings (SSSR count). The number of likely N-dealkylation sites (N-methyl/N-ethyl adjacent to an activating group) is 1. The zero-order valence-electron chi connectivity index (χ0n) is 13.3. The Balaban J connectivity index is 1.77. The summed E-state index contributed by atoms with van der Waals surface area (Å²) in [6.45, 7) is 6.42. The van der Waals surface area contributed by atoms with Crippen LogP contribution >= 0.6 is 0 Å². The quantitative estimate of drug-likeness (QED) is 0.694. The van der Waals surface area contributed by atoms with Crippen molar-refractivity contribution in [1.82, 2.24) is 0 Å². The Bertz CT molecular complexity index is 542. The number of piperidine rings is 3. The molecule has 1 aliphatic carbocycles. The van der Waals surface area contributed by atoms with Crippen molar-refractivity contribution in [2.45, 2.75) is 57.8 Å². The van der Waals surface area contributed by atoms with Crippen molar-refractivity contribution in [1.29, 1.82) is 0 Å². The van der Waals surface area contributed by atoms with Gasteiger partial charge in [0.15, 0.2) is 11.8 Å². The number of nitrogens with zero attached hydrogens (tertiary/aromatic N) is 1. The van der Waals surface area contributed by atoms with Crippen LogP contribution in [-0.2, 0) is 9.53 Å². The summed E-state index contributed by atoms with van der Waals surface area (Å²) in [5.41, 5.74) is 0.821. The van der Waals surface area contributed by atoms with Crippen LogP contribution in [0.25, 0.3) is 0 Å². The highest BCUT2D eigenvalue weighted by Gasteiger charge is 2.65. The number of fused-ring (bicyclic) bond motifs is 2. The first-order valence-electron chi connectivity index (χ1n) is 8.24. The highest BCUT2D eigenvalue weighted by molar-refractivity contribution is 5.97. The first-order chi connectivity index (χ1) is 9.74. The molecule has 0 aromatic heterocycles. The average molecular weight is 292 g/mol. The Labute approximate surface area is 126 Å². The van der Waals surface area contributed by atoms with Crippen LogP contribution in [0, 0.1) is 11.3 Å². The number of carbonyl (C=O) groups excluding carboxylic acids is 1. The van der Waals surface area contributed by atoms with E-state index < -0.39 is 5.79 Å². The SMILES string of the molecule is CC1(C)CC(=O)C2=C(C1)O[C@@]1(O)C3CC[N+](C)(CC3)[C@H]1C2. The van der Waals surface area contributed by atoms with Crippen molar-refractivity contribution in [3.05, 3.63) is 11.3 Å². The predicted molar refractivity (Wildman–Crippen MR) is 78.1 cm³/mol. The number of ether oxygens (including phenoxy) is 1. The van der Waals surface area contributed by atoms with Gasteiger partial charge in [0.1, 0.15) is 5.76 Å². The molecule has 116 valence electrons. The molecule has 0 aromatic carbocycles. The van der Waals surface area contributed by atoms with Gasteiger partial charge in [-0.15, -0.1) is 0 Å². The molecule has 4 heterocycles. The molecular formula is C17H26NO3+. The highest BCUT2D eigenvalue weighted by Crippen LogP contribution is 2.53. The van der Waals surface area contributed by atoms with Gasteiger partial charge in [-0.1, -0.05) is 13.8 Å². The number of Topliss-reactive ketones (excluding diaryl/α,β-unsaturated/α-hetero) is 1. The summed E-state index contributed by atoms with van der Waals surface area (Å²) in [7, 11) is 2.22. The molecule has 21 heavy (non-hydrogen) atoms. The number of allylic oxidation sites excluding steroid dienone is 1. The van der Waals surface area contributed by atoms with Crippen molar-refractivity contribution < 1.29 is 19.1 Å². The molecule has 3 fully saturated rings. The van der Waals surface area contributed by atoms with Crippen LogP contribution in [0.3, 0.4) is 0 Å². The van der Waals surface area contributed by atoms with Crippen LogP contribution in [0.1, 0.15) is 46.0 Å². The summed E-state index contributed by atoms with van der Waals surface area (Å²) < 4.78 is 7.05. The fourth-order valence-electron chi connectivity index (χ4n) is 5.14. The maximum absolute atomic E-state index is 12.5. The molecule has 0 saturated carbocycles. The third-order valence-corrected chi connectivity index (χ3v) is 6.43. The molecule has 5 aliphatic rings. The van der Waals surface area contributed by atoms with E-state index in [0.717, 1.165) is 48.2 Å². The van der Waals surface area contributed by atoms with Crippen molar-refractivity contribution in [3.8, 4) is 0 Å². The number of carbonyl (C=O) groups is 1. The standard InChI is InChI=1S/C17H26NO3/c1-16(2)9-13(19)12-8-15-17(20,21-14(12)10-16)11-4-6-18(15,3)7-5-11/h11,15,20H,4-10H2,1-3H3/q+1/t11?,15-,17-,18?/m0/s1. The van der Waals surface area contributed by atoms with Gasteiger partial charge in [0, 0.05) is 43.6 Å². The van der Waals surface area contributed by atoms with Crippen LogP contribution < -0.4 is 0 Å². The first-order valence-corrected chi connectivity index (χ1v) is 8.24. The molecule has 0 amide bonds. The van der Waals surface area contributed by atoms with E-state index >= 15 is 0 Å². The van der Waals surface area contributed by atoms with E-state index in [0.29, 0.717) is 12.8 Å². The Kier molecular flexibility index (Phi) is 2.56. The van der Waals surface area contributed by atoms with Gasteiger partial charge in [0.2, 0.25) is 0 Å². The van der Waals surface area contributed by atoms with Gasteiger partial charge in [-0.3, -0.25) is 4.79 Å². The fraction of sp³-hybridized carbons (Fsp3) is 0.824. The second-order valence-electron chi connectivity index (χ2n) is 8.62. The van der Waals surface area contributed by atoms with E-state index in [4.69, 9.17) is 4.74 Å². The maximum Gasteiger partial charge on any atom is 0.263 e. The molecule has 2 bridgehead atoms. The topological polar surface area (TPSA) is 46.5 Å². The van der Waals surface area contributed by atoms with Gasteiger partial charge in [-0.2, -0.15) is 0 Å². The number of ketones is 1. The number of aliphatic hydroxyl groups is 1. The lowest BCUT2D eigenvalue weighted by molar-refractivity contribution is -0.963. The molecule has 0 aromatic rings. The van der Waals surface area contributed by atoms with E-state index in [2.05, 4.69) is 20.9 Å². The Morgan fingerprint density at radius 1 is 1.24 bits per heavy atom. The normalized spacial score (nSPS) is 47.7. The third kappa shape index (κ3) is 1.78. The lowest BCUT2D eigenvalue weighted by atomic mass is 9.68. The molecule has 4 nitrogen and oxygen atoms in total. The molecule has 4 heteroatoms.